The minimum absolute atomic E-state index is 0.00238. The van der Waals surface area contributed by atoms with Gasteiger partial charge in [-0.1, -0.05) is 50.6 Å². The van der Waals surface area contributed by atoms with Crippen LogP contribution in [0.15, 0.2) is 53.4 Å². The Morgan fingerprint density at radius 3 is 2.08 bits per heavy atom. The number of ether oxygens (including phenoxy) is 1. The van der Waals surface area contributed by atoms with E-state index in [1.165, 1.54) is 0 Å². The summed E-state index contributed by atoms with van der Waals surface area (Å²) in [4.78, 5) is 0.269. The minimum Gasteiger partial charge on any atom is -0.492 e. The van der Waals surface area contributed by atoms with E-state index in [1.54, 1.807) is 12.1 Å². The summed E-state index contributed by atoms with van der Waals surface area (Å²) in [6, 6.07) is 14.7. The van der Waals surface area contributed by atoms with Crippen LogP contribution >= 0.6 is 0 Å². The fourth-order valence-corrected chi connectivity index (χ4v) is 3.21. The molecule has 2 rings (SSSR count). The molecule has 130 valence electrons. The lowest BCUT2D eigenvalue weighted by atomic mass is 9.87. The Morgan fingerprint density at radius 2 is 1.54 bits per heavy atom. The second kappa shape index (κ2) is 7.36. The minimum atomic E-state index is -3.51. The number of hydrogen-bond donors (Lipinski definition) is 1. The van der Waals surface area contributed by atoms with Crippen LogP contribution in [0.5, 0.6) is 5.75 Å². The fraction of sp³-hybridized carbons (Fsp3) is 0.368. The number of rotatable bonds is 6. The van der Waals surface area contributed by atoms with Gasteiger partial charge in [0.2, 0.25) is 10.0 Å². The van der Waals surface area contributed by atoms with Crippen LogP contribution in [0.2, 0.25) is 0 Å². The SMILES string of the molecule is Cc1ccc(OCCNS(=O)(=O)c2ccc(C(C)(C)C)cc2)cc1. The van der Waals surface area contributed by atoms with Crippen molar-refractivity contribution in [1.82, 2.24) is 4.72 Å². The summed E-state index contributed by atoms with van der Waals surface area (Å²) in [5, 5.41) is 0. The van der Waals surface area contributed by atoms with Crippen LogP contribution in [-0.2, 0) is 15.4 Å². The number of benzene rings is 2. The monoisotopic (exact) mass is 347 g/mol. The molecule has 24 heavy (non-hydrogen) atoms. The van der Waals surface area contributed by atoms with Gasteiger partial charge in [-0.3, -0.25) is 0 Å². The Hall–Kier alpha value is -1.85. The molecular formula is C19H25NO3S. The molecule has 5 heteroatoms. The van der Waals surface area contributed by atoms with Gasteiger partial charge in [0.05, 0.1) is 4.90 Å². The molecule has 0 spiro atoms. The van der Waals surface area contributed by atoms with Crippen LogP contribution in [0.4, 0.5) is 0 Å². The zero-order chi connectivity index (χ0) is 17.8. The Bertz CT molecular complexity index is 758. The van der Waals surface area contributed by atoms with E-state index in [2.05, 4.69) is 25.5 Å². The molecule has 0 aliphatic carbocycles. The summed E-state index contributed by atoms with van der Waals surface area (Å²) >= 11 is 0. The average Bonchev–Trinajstić information content (AvgIpc) is 2.52. The first-order chi connectivity index (χ1) is 11.2. The second-order valence-electron chi connectivity index (χ2n) is 6.83. The molecule has 0 aliphatic rings. The van der Waals surface area contributed by atoms with E-state index in [1.807, 2.05) is 43.3 Å². The lowest BCUT2D eigenvalue weighted by Crippen LogP contribution is -2.28. The summed E-state index contributed by atoms with van der Waals surface area (Å²) in [7, 11) is -3.51. The molecule has 0 unspecified atom stereocenters. The van der Waals surface area contributed by atoms with Gasteiger partial charge in [-0.15, -0.1) is 0 Å². The summed E-state index contributed by atoms with van der Waals surface area (Å²) in [5.74, 6) is 0.731. The van der Waals surface area contributed by atoms with E-state index in [-0.39, 0.29) is 23.5 Å². The van der Waals surface area contributed by atoms with Gasteiger partial charge in [0.1, 0.15) is 12.4 Å². The van der Waals surface area contributed by atoms with Crippen molar-refractivity contribution in [2.24, 2.45) is 0 Å². The lowest BCUT2D eigenvalue weighted by Gasteiger charge is -2.19. The van der Waals surface area contributed by atoms with Crippen molar-refractivity contribution >= 4 is 10.0 Å². The van der Waals surface area contributed by atoms with E-state index < -0.39 is 10.0 Å². The number of aryl methyl sites for hydroxylation is 1. The normalized spacial score (nSPS) is 12.2. The molecule has 2 aromatic carbocycles. The van der Waals surface area contributed by atoms with E-state index in [9.17, 15) is 8.42 Å². The molecule has 0 heterocycles. The highest BCUT2D eigenvalue weighted by Gasteiger charge is 2.17. The molecule has 0 aromatic heterocycles. The van der Waals surface area contributed by atoms with Gasteiger partial charge in [-0.25, -0.2) is 13.1 Å². The van der Waals surface area contributed by atoms with Crippen LogP contribution in [0.3, 0.4) is 0 Å². The van der Waals surface area contributed by atoms with Crippen LogP contribution in [0.1, 0.15) is 31.9 Å². The lowest BCUT2D eigenvalue weighted by molar-refractivity contribution is 0.323. The zero-order valence-corrected chi connectivity index (χ0v) is 15.5. The molecular weight excluding hydrogens is 322 g/mol. The van der Waals surface area contributed by atoms with Crippen LogP contribution < -0.4 is 9.46 Å². The molecule has 2 aromatic rings. The van der Waals surface area contributed by atoms with Crippen molar-refractivity contribution in [1.29, 1.82) is 0 Å². The summed E-state index contributed by atoms with van der Waals surface area (Å²) < 4.78 is 32.7. The molecule has 0 saturated heterocycles. The van der Waals surface area contributed by atoms with Crippen molar-refractivity contribution in [2.75, 3.05) is 13.2 Å². The third-order valence-corrected chi connectivity index (χ3v) is 5.19. The molecule has 0 amide bonds. The van der Waals surface area contributed by atoms with Gasteiger partial charge >= 0.3 is 0 Å². The topological polar surface area (TPSA) is 55.4 Å². The van der Waals surface area contributed by atoms with E-state index >= 15 is 0 Å². The van der Waals surface area contributed by atoms with Crippen molar-refractivity contribution < 1.29 is 13.2 Å². The fourth-order valence-electron chi connectivity index (χ4n) is 2.20. The Morgan fingerprint density at radius 1 is 0.958 bits per heavy atom. The summed E-state index contributed by atoms with van der Waals surface area (Å²) in [5.41, 5.74) is 2.25. The third-order valence-electron chi connectivity index (χ3n) is 3.71. The van der Waals surface area contributed by atoms with Crippen molar-refractivity contribution in [3.05, 3.63) is 59.7 Å². The molecule has 0 atom stereocenters. The Balaban J connectivity index is 1.90. The molecule has 4 nitrogen and oxygen atoms in total. The predicted molar refractivity (Wildman–Crippen MR) is 97.0 cm³/mol. The number of sulfonamides is 1. The Labute approximate surface area is 144 Å². The first kappa shape index (κ1) is 18.5. The quantitative estimate of drug-likeness (QED) is 0.812. The molecule has 0 saturated carbocycles. The zero-order valence-electron chi connectivity index (χ0n) is 14.7. The van der Waals surface area contributed by atoms with Gasteiger partial charge in [0.15, 0.2) is 0 Å². The molecule has 1 N–H and O–H groups in total. The number of hydrogen-bond acceptors (Lipinski definition) is 3. The van der Waals surface area contributed by atoms with Gasteiger partial charge in [0.25, 0.3) is 0 Å². The highest BCUT2D eigenvalue weighted by Crippen LogP contribution is 2.23. The maximum absolute atomic E-state index is 12.3. The number of nitrogens with one attached hydrogen (secondary N) is 1. The van der Waals surface area contributed by atoms with Crippen molar-refractivity contribution in [3.8, 4) is 5.75 Å². The maximum atomic E-state index is 12.3. The van der Waals surface area contributed by atoms with Crippen LogP contribution in [-0.4, -0.2) is 21.6 Å². The van der Waals surface area contributed by atoms with Gasteiger partial charge < -0.3 is 4.74 Å². The van der Waals surface area contributed by atoms with Crippen molar-refractivity contribution in [3.63, 3.8) is 0 Å². The third kappa shape index (κ3) is 5.08. The highest BCUT2D eigenvalue weighted by molar-refractivity contribution is 7.89. The Kier molecular flexibility index (Phi) is 5.67. The van der Waals surface area contributed by atoms with Crippen LogP contribution in [0, 0.1) is 6.92 Å². The predicted octanol–water partition coefficient (Wildman–Crippen LogP) is 3.65. The smallest absolute Gasteiger partial charge is 0.240 e. The van der Waals surface area contributed by atoms with Crippen LogP contribution in [0.25, 0.3) is 0 Å². The van der Waals surface area contributed by atoms with E-state index in [4.69, 9.17) is 4.74 Å². The van der Waals surface area contributed by atoms with E-state index in [0.717, 1.165) is 16.9 Å². The van der Waals surface area contributed by atoms with Gasteiger partial charge in [0, 0.05) is 6.54 Å². The maximum Gasteiger partial charge on any atom is 0.240 e. The largest absolute Gasteiger partial charge is 0.492 e. The summed E-state index contributed by atoms with van der Waals surface area (Å²) in [6.07, 6.45) is 0. The second-order valence-corrected chi connectivity index (χ2v) is 8.60. The van der Waals surface area contributed by atoms with Gasteiger partial charge in [-0.05, 0) is 42.2 Å². The highest BCUT2D eigenvalue weighted by atomic mass is 32.2. The van der Waals surface area contributed by atoms with E-state index in [0.29, 0.717) is 0 Å². The van der Waals surface area contributed by atoms with Gasteiger partial charge in [-0.2, -0.15) is 0 Å². The summed E-state index contributed by atoms with van der Waals surface area (Å²) in [6.45, 7) is 8.79. The molecule has 0 bridgehead atoms. The molecule has 0 radical (unpaired) electrons. The molecule has 0 fully saturated rings. The average molecular weight is 347 g/mol. The first-order valence-corrected chi connectivity index (χ1v) is 9.46. The molecule has 0 aliphatic heterocycles. The first-order valence-electron chi connectivity index (χ1n) is 7.98. The standard InChI is InChI=1S/C19H25NO3S/c1-15-5-9-17(10-6-15)23-14-13-20-24(21,22)18-11-7-16(8-12-18)19(2,3)4/h5-12,20H,13-14H2,1-4H3. The van der Waals surface area contributed by atoms with Crippen molar-refractivity contribution in [2.45, 2.75) is 38.0 Å².